The van der Waals surface area contributed by atoms with Crippen molar-refractivity contribution < 1.29 is 28.3 Å². The number of halogens is 2. The number of nitrogens with zero attached hydrogens (tertiary/aromatic N) is 1. The van der Waals surface area contributed by atoms with E-state index in [-0.39, 0.29) is 16.8 Å². The molecule has 19 heavy (non-hydrogen) atoms. The van der Waals surface area contributed by atoms with Crippen LogP contribution >= 0.6 is 0 Å². The molecule has 98 valence electrons. The lowest BCUT2D eigenvalue weighted by molar-refractivity contribution is -0.132. The van der Waals surface area contributed by atoms with Gasteiger partial charge >= 0.3 is 5.97 Å². The van der Waals surface area contributed by atoms with Gasteiger partial charge < -0.3 is 5.11 Å². The first-order valence-corrected chi connectivity index (χ1v) is 5.09. The second-order valence-corrected chi connectivity index (χ2v) is 3.91. The highest BCUT2D eigenvalue weighted by Crippen LogP contribution is 2.31. The van der Waals surface area contributed by atoms with Crippen molar-refractivity contribution in [3.63, 3.8) is 0 Å². The van der Waals surface area contributed by atoms with E-state index in [1.165, 1.54) is 0 Å². The molecule has 0 radical (unpaired) electrons. The van der Waals surface area contributed by atoms with E-state index in [9.17, 15) is 23.2 Å². The molecule has 0 saturated carbocycles. The summed E-state index contributed by atoms with van der Waals surface area (Å²) in [6, 6.07) is 1.30. The number of carbonyl (C=O) groups is 3. The Morgan fingerprint density at radius 2 is 1.84 bits per heavy atom. The van der Waals surface area contributed by atoms with Crippen molar-refractivity contribution in [2.24, 2.45) is 0 Å². The number of benzene rings is 1. The SMILES string of the molecule is C=C(CN1C(=O)C(=O)c2cc(F)c(F)cc21)C(=O)O. The molecule has 0 fully saturated rings. The van der Waals surface area contributed by atoms with Crippen molar-refractivity contribution in [3.05, 3.63) is 41.5 Å². The number of hydrogen-bond acceptors (Lipinski definition) is 3. The molecule has 0 aromatic heterocycles. The summed E-state index contributed by atoms with van der Waals surface area (Å²) in [5.41, 5.74) is -0.794. The zero-order valence-corrected chi connectivity index (χ0v) is 9.44. The first kappa shape index (κ1) is 12.9. The van der Waals surface area contributed by atoms with Crippen LogP contribution in [-0.2, 0) is 9.59 Å². The van der Waals surface area contributed by atoms with Crippen LogP contribution in [0.25, 0.3) is 0 Å². The van der Waals surface area contributed by atoms with Gasteiger partial charge in [-0.05, 0) is 6.07 Å². The van der Waals surface area contributed by atoms with Crippen LogP contribution < -0.4 is 4.90 Å². The maximum Gasteiger partial charge on any atom is 0.332 e. The van der Waals surface area contributed by atoms with Gasteiger partial charge in [0.05, 0.1) is 17.8 Å². The Hall–Kier alpha value is -2.57. The molecule has 7 heteroatoms. The number of anilines is 1. The first-order valence-electron chi connectivity index (χ1n) is 5.09. The molecule has 5 nitrogen and oxygen atoms in total. The number of fused-ring (bicyclic) bond motifs is 1. The summed E-state index contributed by atoms with van der Waals surface area (Å²) >= 11 is 0. The van der Waals surface area contributed by atoms with E-state index < -0.39 is 35.8 Å². The zero-order valence-electron chi connectivity index (χ0n) is 9.44. The Morgan fingerprint density at radius 3 is 2.42 bits per heavy atom. The number of hydrogen-bond donors (Lipinski definition) is 1. The van der Waals surface area contributed by atoms with Crippen LogP contribution in [0.4, 0.5) is 14.5 Å². The molecule has 0 saturated heterocycles. The fourth-order valence-electron chi connectivity index (χ4n) is 1.70. The minimum absolute atomic E-state index is 0.156. The van der Waals surface area contributed by atoms with Gasteiger partial charge in [-0.25, -0.2) is 13.6 Å². The van der Waals surface area contributed by atoms with Crippen LogP contribution in [0, 0.1) is 11.6 Å². The fraction of sp³-hybridized carbons (Fsp3) is 0.0833. The number of amides is 1. The molecule has 1 amide bonds. The smallest absolute Gasteiger partial charge is 0.332 e. The highest BCUT2D eigenvalue weighted by molar-refractivity contribution is 6.52. The Labute approximate surface area is 105 Å². The van der Waals surface area contributed by atoms with Gasteiger partial charge in [0.15, 0.2) is 11.6 Å². The van der Waals surface area contributed by atoms with E-state index in [1.54, 1.807) is 0 Å². The average molecular weight is 267 g/mol. The third-order valence-corrected chi connectivity index (χ3v) is 2.66. The number of carbonyl (C=O) groups excluding carboxylic acids is 2. The third-order valence-electron chi connectivity index (χ3n) is 2.66. The predicted octanol–water partition coefficient (Wildman–Crippen LogP) is 1.13. The molecule has 0 aliphatic carbocycles. The van der Waals surface area contributed by atoms with Gasteiger partial charge in [-0.1, -0.05) is 6.58 Å². The summed E-state index contributed by atoms with van der Waals surface area (Å²) in [5.74, 6) is -5.88. The zero-order chi connectivity index (χ0) is 14.3. The average Bonchev–Trinajstić information content (AvgIpc) is 2.56. The second-order valence-electron chi connectivity index (χ2n) is 3.91. The van der Waals surface area contributed by atoms with Crippen LogP contribution in [0.15, 0.2) is 24.3 Å². The normalized spacial score (nSPS) is 13.7. The third kappa shape index (κ3) is 1.99. The highest BCUT2D eigenvalue weighted by Gasteiger charge is 2.37. The maximum atomic E-state index is 13.1. The van der Waals surface area contributed by atoms with Crippen molar-refractivity contribution >= 4 is 23.3 Å². The summed E-state index contributed by atoms with van der Waals surface area (Å²) in [7, 11) is 0. The molecule has 1 aromatic rings. The molecule has 0 atom stereocenters. The van der Waals surface area contributed by atoms with Crippen LogP contribution in [0.2, 0.25) is 0 Å². The number of Topliss-reactive ketones (excluding diaryl/α,β-unsaturated/α-hetero) is 1. The van der Waals surface area contributed by atoms with Crippen molar-refractivity contribution in [2.75, 3.05) is 11.4 Å². The van der Waals surface area contributed by atoms with E-state index in [1.807, 2.05) is 0 Å². The first-order chi connectivity index (χ1) is 8.82. The lowest BCUT2D eigenvalue weighted by atomic mass is 10.1. The minimum Gasteiger partial charge on any atom is -0.478 e. The Balaban J connectivity index is 2.47. The number of rotatable bonds is 3. The molecular weight excluding hydrogens is 260 g/mol. The minimum atomic E-state index is -1.35. The van der Waals surface area contributed by atoms with Crippen LogP contribution in [0.1, 0.15) is 10.4 Å². The summed E-state index contributed by atoms with van der Waals surface area (Å²) in [6.45, 7) is 2.74. The molecular formula is C12H7F2NO4. The monoisotopic (exact) mass is 267 g/mol. The lowest BCUT2D eigenvalue weighted by Crippen LogP contribution is -2.32. The Kier molecular flexibility index (Phi) is 2.89. The summed E-state index contributed by atoms with van der Waals surface area (Å²) in [4.78, 5) is 34.6. The molecule has 2 rings (SSSR count). The summed E-state index contributed by atoms with van der Waals surface area (Å²) < 4.78 is 26.2. The van der Waals surface area contributed by atoms with Gasteiger partial charge in [-0.2, -0.15) is 0 Å². The fourth-order valence-corrected chi connectivity index (χ4v) is 1.70. The maximum absolute atomic E-state index is 13.1. The number of aliphatic carboxylic acids is 1. The van der Waals surface area contributed by atoms with Gasteiger partial charge in [0.1, 0.15) is 0 Å². The van der Waals surface area contributed by atoms with Crippen molar-refractivity contribution in [1.82, 2.24) is 0 Å². The molecule has 1 aromatic carbocycles. The predicted molar refractivity (Wildman–Crippen MR) is 59.8 cm³/mol. The second kappa shape index (κ2) is 4.27. The number of carboxylic acids is 1. The highest BCUT2D eigenvalue weighted by atomic mass is 19.2. The van der Waals surface area contributed by atoms with Gasteiger partial charge in [0.2, 0.25) is 0 Å². The van der Waals surface area contributed by atoms with E-state index in [2.05, 4.69) is 6.58 Å². The molecule has 0 spiro atoms. The summed E-state index contributed by atoms with van der Waals surface area (Å²) in [5, 5.41) is 8.68. The van der Waals surface area contributed by atoms with Gasteiger partial charge in [0, 0.05) is 11.6 Å². The van der Waals surface area contributed by atoms with Crippen molar-refractivity contribution in [1.29, 1.82) is 0 Å². The van der Waals surface area contributed by atoms with Crippen LogP contribution in [0.3, 0.4) is 0 Å². The molecule has 1 aliphatic heterocycles. The quantitative estimate of drug-likeness (QED) is 0.658. The standard InChI is InChI=1S/C12H7F2NO4/c1-5(12(18)19)4-15-9-3-8(14)7(13)2-6(9)10(16)11(15)17/h2-3H,1,4H2,(H,18,19). The molecule has 0 bridgehead atoms. The van der Waals surface area contributed by atoms with Crippen LogP contribution in [-0.4, -0.2) is 29.3 Å². The number of ketones is 1. The summed E-state index contributed by atoms with van der Waals surface area (Å²) in [6.07, 6.45) is 0. The van der Waals surface area contributed by atoms with E-state index in [0.717, 1.165) is 4.90 Å². The molecule has 1 heterocycles. The van der Waals surface area contributed by atoms with E-state index in [4.69, 9.17) is 5.11 Å². The Morgan fingerprint density at radius 1 is 1.26 bits per heavy atom. The molecule has 1 N–H and O–H groups in total. The van der Waals surface area contributed by atoms with Crippen LogP contribution in [0.5, 0.6) is 0 Å². The Bertz CT molecular complexity index is 639. The van der Waals surface area contributed by atoms with Crippen molar-refractivity contribution in [3.8, 4) is 0 Å². The number of carboxylic acid groups (broad SMARTS) is 1. The topological polar surface area (TPSA) is 74.7 Å². The van der Waals surface area contributed by atoms with Gasteiger partial charge in [0.25, 0.3) is 11.7 Å². The van der Waals surface area contributed by atoms with E-state index in [0.29, 0.717) is 12.1 Å². The van der Waals surface area contributed by atoms with Crippen molar-refractivity contribution in [2.45, 2.75) is 0 Å². The molecule has 0 unspecified atom stereocenters. The lowest BCUT2D eigenvalue weighted by Gasteiger charge is -2.16. The van der Waals surface area contributed by atoms with Gasteiger partial charge in [-0.15, -0.1) is 0 Å². The van der Waals surface area contributed by atoms with E-state index >= 15 is 0 Å². The van der Waals surface area contributed by atoms with Gasteiger partial charge in [-0.3, -0.25) is 14.5 Å². The largest absolute Gasteiger partial charge is 0.478 e. The molecule has 1 aliphatic rings.